The lowest BCUT2D eigenvalue weighted by atomic mass is 10.0. The Hall–Kier alpha value is -2.97. The minimum absolute atomic E-state index is 0.213. The van der Waals surface area contributed by atoms with Crippen LogP contribution in [0, 0.1) is 24.7 Å². The van der Waals surface area contributed by atoms with Crippen LogP contribution in [0.4, 0.5) is 11.8 Å². The molecule has 1 aliphatic rings. The van der Waals surface area contributed by atoms with Gasteiger partial charge in [0.05, 0.1) is 25.0 Å². The molecule has 32 heavy (non-hydrogen) atoms. The highest BCUT2D eigenvalue weighted by atomic mass is 16.5. The number of rotatable bonds is 8. The topological polar surface area (TPSA) is 142 Å². The molecule has 1 saturated carbocycles. The van der Waals surface area contributed by atoms with E-state index in [1.54, 1.807) is 32.4 Å². The van der Waals surface area contributed by atoms with Gasteiger partial charge in [0, 0.05) is 44.0 Å². The summed E-state index contributed by atoms with van der Waals surface area (Å²) < 4.78 is 10.1. The molecule has 3 unspecified atom stereocenters. The van der Waals surface area contributed by atoms with Crippen molar-refractivity contribution in [3.05, 3.63) is 35.2 Å². The number of nitrogens with one attached hydrogen (secondary N) is 2. The van der Waals surface area contributed by atoms with Crippen LogP contribution in [0.3, 0.4) is 0 Å². The molecule has 0 bridgehead atoms. The number of aryl methyl sites for hydroxylation is 1. The number of nitrogens with zero attached hydrogens (tertiary/aromatic N) is 3. The molecule has 0 saturated heterocycles. The van der Waals surface area contributed by atoms with E-state index in [1.807, 2.05) is 0 Å². The predicted octanol–water partition coefficient (Wildman–Crippen LogP) is 0.510. The molecule has 2 heterocycles. The minimum Gasteiger partial charge on any atom is -0.481 e. The van der Waals surface area contributed by atoms with Crippen LogP contribution in [0.15, 0.2) is 18.3 Å². The molecule has 1 aliphatic carbocycles. The third-order valence-corrected chi connectivity index (χ3v) is 5.36. The van der Waals surface area contributed by atoms with Gasteiger partial charge in [-0.15, -0.1) is 0 Å². The summed E-state index contributed by atoms with van der Waals surface area (Å²) in [5.41, 5.74) is 0.0894. The number of aliphatic hydroxyl groups is 3. The van der Waals surface area contributed by atoms with E-state index in [0.29, 0.717) is 48.2 Å². The van der Waals surface area contributed by atoms with E-state index >= 15 is 0 Å². The molecule has 3 atom stereocenters. The fourth-order valence-electron chi connectivity index (χ4n) is 3.50. The highest BCUT2D eigenvalue weighted by Crippen LogP contribution is 2.36. The van der Waals surface area contributed by atoms with E-state index in [0.717, 1.165) is 0 Å². The van der Waals surface area contributed by atoms with Crippen molar-refractivity contribution in [1.29, 1.82) is 0 Å². The summed E-state index contributed by atoms with van der Waals surface area (Å²) in [6.07, 6.45) is 1.17. The lowest BCUT2D eigenvalue weighted by molar-refractivity contribution is -0.0545. The Labute approximate surface area is 187 Å². The zero-order valence-corrected chi connectivity index (χ0v) is 18.4. The molecular weight excluding hydrogens is 414 g/mol. The quantitative estimate of drug-likeness (QED) is 0.222. The van der Waals surface area contributed by atoms with Gasteiger partial charge >= 0.3 is 0 Å². The molecule has 3 rings (SSSR count). The second-order valence-corrected chi connectivity index (χ2v) is 7.59. The summed E-state index contributed by atoms with van der Waals surface area (Å²) in [4.78, 5) is 13.1. The van der Waals surface area contributed by atoms with E-state index in [2.05, 4.69) is 37.4 Å². The number of methoxy groups -OCH3 is 2. The predicted molar refractivity (Wildman–Crippen MR) is 118 cm³/mol. The Bertz CT molecular complexity index is 975. The summed E-state index contributed by atoms with van der Waals surface area (Å²) in [5, 5.41) is 37.0. The molecule has 0 spiro atoms. The first kappa shape index (κ1) is 23.7. The van der Waals surface area contributed by atoms with Crippen LogP contribution >= 0.6 is 0 Å². The standard InChI is InChI=1S/C22H29N5O5/c1-14-17(6-4-15-5-7-18(32-3)24-12-15)20(26-21(25-14)23-10-11-31-2)27-22(30)9-8-16(13-28)19(22)29/h5,7,12,16,19,28-30H,8-11,13H2,1-3H3,(H2,23,25,26,27). The molecule has 5 N–H and O–H groups in total. The van der Waals surface area contributed by atoms with E-state index in [9.17, 15) is 15.3 Å². The normalized spacial score (nSPS) is 22.2. The third-order valence-electron chi connectivity index (χ3n) is 5.36. The van der Waals surface area contributed by atoms with Crippen molar-refractivity contribution in [2.75, 3.05) is 44.6 Å². The average Bonchev–Trinajstić information content (AvgIpc) is 3.07. The van der Waals surface area contributed by atoms with E-state index in [-0.39, 0.29) is 18.8 Å². The zero-order chi connectivity index (χ0) is 23.1. The van der Waals surface area contributed by atoms with Gasteiger partial charge in [0.1, 0.15) is 11.9 Å². The Morgan fingerprint density at radius 1 is 1.25 bits per heavy atom. The van der Waals surface area contributed by atoms with Crippen molar-refractivity contribution >= 4 is 11.8 Å². The smallest absolute Gasteiger partial charge is 0.225 e. The van der Waals surface area contributed by atoms with Crippen molar-refractivity contribution in [3.63, 3.8) is 0 Å². The van der Waals surface area contributed by atoms with Crippen molar-refractivity contribution < 1.29 is 24.8 Å². The van der Waals surface area contributed by atoms with Crippen LogP contribution in [-0.2, 0) is 4.74 Å². The molecule has 2 aromatic rings. The Kier molecular flexibility index (Phi) is 7.82. The summed E-state index contributed by atoms with van der Waals surface area (Å²) >= 11 is 0. The lowest BCUT2D eigenvalue weighted by Crippen LogP contribution is -2.48. The van der Waals surface area contributed by atoms with Gasteiger partial charge in [0.25, 0.3) is 0 Å². The molecule has 0 radical (unpaired) electrons. The molecule has 0 aromatic carbocycles. The number of pyridine rings is 1. The Morgan fingerprint density at radius 2 is 2.06 bits per heavy atom. The highest BCUT2D eigenvalue weighted by Gasteiger charge is 2.47. The van der Waals surface area contributed by atoms with Gasteiger partial charge in [-0.05, 0) is 25.8 Å². The molecule has 172 valence electrons. The first-order valence-electron chi connectivity index (χ1n) is 10.3. The second kappa shape index (κ2) is 10.6. The second-order valence-electron chi connectivity index (χ2n) is 7.59. The fourth-order valence-corrected chi connectivity index (χ4v) is 3.50. The van der Waals surface area contributed by atoms with Crippen molar-refractivity contribution in [2.24, 2.45) is 5.92 Å². The van der Waals surface area contributed by atoms with Crippen LogP contribution < -0.4 is 15.4 Å². The van der Waals surface area contributed by atoms with Gasteiger partial charge in [-0.3, -0.25) is 0 Å². The summed E-state index contributed by atoms with van der Waals surface area (Å²) in [6, 6.07) is 3.49. The number of hydrogen-bond donors (Lipinski definition) is 5. The van der Waals surface area contributed by atoms with Crippen LogP contribution in [0.25, 0.3) is 0 Å². The van der Waals surface area contributed by atoms with Crippen molar-refractivity contribution in [1.82, 2.24) is 15.0 Å². The number of anilines is 2. The minimum atomic E-state index is -1.64. The maximum Gasteiger partial charge on any atom is 0.225 e. The molecule has 0 amide bonds. The number of aliphatic hydroxyl groups excluding tert-OH is 2. The summed E-state index contributed by atoms with van der Waals surface area (Å²) in [7, 11) is 3.14. The molecule has 0 aliphatic heterocycles. The monoisotopic (exact) mass is 443 g/mol. The van der Waals surface area contributed by atoms with Gasteiger partial charge in [0.2, 0.25) is 11.8 Å². The Balaban J connectivity index is 1.95. The Morgan fingerprint density at radius 3 is 2.69 bits per heavy atom. The molecule has 10 nitrogen and oxygen atoms in total. The molecule has 2 aromatic heterocycles. The van der Waals surface area contributed by atoms with E-state index < -0.39 is 17.7 Å². The maximum absolute atomic E-state index is 11.0. The summed E-state index contributed by atoms with van der Waals surface area (Å²) in [5.74, 6) is 6.76. The zero-order valence-electron chi connectivity index (χ0n) is 18.4. The summed E-state index contributed by atoms with van der Waals surface area (Å²) in [6.45, 7) is 2.54. The molecular formula is C22H29N5O5. The van der Waals surface area contributed by atoms with Gasteiger partial charge in [-0.1, -0.05) is 11.8 Å². The van der Waals surface area contributed by atoms with E-state index in [4.69, 9.17) is 9.47 Å². The SMILES string of the molecule is COCCNc1nc(C)c(C#Cc2ccc(OC)nc2)c(NC2(O)CCC(CO)C2O)n1. The van der Waals surface area contributed by atoms with Crippen molar-refractivity contribution in [2.45, 2.75) is 31.6 Å². The highest BCUT2D eigenvalue weighted by molar-refractivity contribution is 5.61. The molecule has 1 fully saturated rings. The van der Waals surface area contributed by atoms with Crippen LogP contribution in [0.1, 0.15) is 29.7 Å². The van der Waals surface area contributed by atoms with Gasteiger partial charge in [0.15, 0.2) is 5.72 Å². The van der Waals surface area contributed by atoms with Crippen LogP contribution in [0.2, 0.25) is 0 Å². The average molecular weight is 444 g/mol. The third kappa shape index (κ3) is 5.44. The fraction of sp³-hybridized carbons (Fsp3) is 0.500. The van der Waals surface area contributed by atoms with Gasteiger partial charge in [-0.2, -0.15) is 4.98 Å². The van der Waals surface area contributed by atoms with Crippen LogP contribution in [0.5, 0.6) is 5.88 Å². The van der Waals surface area contributed by atoms with Gasteiger partial charge in [-0.25, -0.2) is 9.97 Å². The number of ether oxygens (including phenoxy) is 2. The largest absolute Gasteiger partial charge is 0.481 e. The van der Waals surface area contributed by atoms with Gasteiger partial charge < -0.3 is 35.4 Å². The first-order valence-corrected chi connectivity index (χ1v) is 10.3. The first-order chi connectivity index (χ1) is 15.4. The number of aromatic nitrogens is 3. The van der Waals surface area contributed by atoms with E-state index in [1.165, 1.54) is 7.11 Å². The number of hydrogen-bond acceptors (Lipinski definition) is 10. The maximum atomic E-state index is 11.0. The molecule has 10 heteroatoms. The van der Waals surface area contributed by atoms with Crippen LogP contribution in [-0.4, -0.2) is 76.1 Å². The lowest BCUT2D eigenvalue weighted by Gasteiger charge is -2.30. The van der Waals surface area contributed by atoms with Crippen molar-refractivity contribution in [3.8, 4) is 17.7 Å².